The van der Waals surface area contributed by atoms with Gasteiger partial charge in [-0.15, -0.1) is 0 Å². The summed E-state index contributed by atoms with van der Waals surface area (Å²) in [4.78, 5) is 22.2. The number of methoxy groups -OCH3 is 1. The van der Waals surface area contributed by atoms with Crippen LogP contribution in [0, 0.1) is 5.82 Å². The molecule has 0 aliphatic heterocycles. The Morgan fingerprint density at radius 1 is 1.58 bits per heavy atom. The lowest BCUT2D eigenvalue weighted by atomic mass is 10.3. The van der Waals surface area contributed by atoms with E-state index in [1.165, 1.54) is 13.2 Å². The van der Waals surface area contributed by atoms with Crippen LogP contribution in [0.3, 0.4) is 0 Å². The maximum Gasteiger partial charge on any atom is 0.424 e. The summed E-state index contributed by atoms with van der Waals surface area (Å²) >= 11 is 1.07. The minimum atomic E-state index is -0.736. The van der Waals surface area contributed by atoms with Crippen molar-refractivity contribution >= 4 is 24.1 Å². The van der Waals surface area contributed by atoms with Crippen LogP contribution in [0.5, 0.6) is 0 Å². The number of benzene rings is 1. The number of hydrogen-bond donors (Lipinski definition) is 1. The average molecular weight is 286 g/mol. The smallest absolute Gasteiger partial charge is 0.424 e. The van der Waals surface area contributed by atoms with Crippen molar-refractivity contribution in [3.63, 3.8) is 0 Å². The van der Waals surface area contributed by atoms with Crippen molar-refractivity contribution in [3.05, 3.63) is 30.1 Å². The van der Waals surface area contributed by atoms with Gasteiger partial charge in [0, 0.05) is 11.3 Å². The monoisotopic (exact) mass is 286 g/mol. The predicted molar refractivity (Wildman–Crippen MR) is 69.8 cm³/mol. The number of thioether (sulfide) groups is 1. The number of hydrazine groups is 1. The quantitative estimate of drug-likeness (QED) is 0.217. The molecule has 0 fully saturated rings. The number of ether oxygens (including phenoxy) is 1. The Labute approximate surface area is 114 Å². The maximum atomic E-state index is 13.6. The molecule has 7 heteroatoms. The minimum absolute atomic E-state index is 0.219. The molecule has 104 valence electrons. The first kappa shape index (κ1) is 15.5. The molecule has 0 aliphatic rings. The summed E-state index contributed by atoms with van der Waals surface area (Å²) in [6.07, 6.45) is 0.519. The first-order chi connectivity index (χ1) is 9.10. The molecule has 1 unspecified atom stereocenters. The van der Waals surface area contributed by atoms with Crippen molar-refractivity contribution in [2.75, 3.05) is 7.11 Å². The molecule has 19 heavy (non-hydrogen) atoms. The third-order valence-corrected chi connectivity index (χ3v) is 3.65. The van der Waals surface area contributed by atoms with Gasteiger partial charge < -0.3 is 9.53 Å². The Kier molecular flexibility index (Phi) is 6.31. The topological polar surface area (TPSA) is 72.6 Å². The van der Waals surface area contributed by atoms with Gasteiger partial charge in [-0.1, -0.05) is 23.9 Å². The number of amides is 1. The Hall–Kier alpha value is -1.60. The fourth-order valence-electron chi connectivity index (χ4n) is 1.38. The van der Waals surface area contributed by atoms with E-state index in [2.05, 4.69) is 4.74 Å². The van der Waals surface area contributed by atoms with Crippen LogP contribution in [0.15, 0.2) is 29.2 Å². The van der Waals surface area contributed by atoms with Crippen LogP contribution in [0.4, 0.5) is 9.18 Å². The standard InChI is InChI=1S/C12H15FN2O3S/c1-18-12(17)15(14)11(7-4-8-16)19-10-6-3-2-5-9(10)13/h2-3,5-6,8,11H,4,7,14H2,1H3. The zero-order valence-corrected chi connectivity index (χ0v) is 11.2. The summed E-state index contributed by atoms with van der Waals surface area (Å²) in [5.74, 6) is 5.21. The number of carbonyl (C=O) groups is 2. The fraction of sp³-hybridized carbons (Fsp3) is 0.333. The van der Waals surface area contributed by atoms with Gasteiger partial charge in [0.15, 0.2) is 0 Å². The SMILES string of the molecule is COC(=O)N(N)C(CCC=O)Sc1ccccc1F. The van der Waals surface area contributed by atoms with Crippen LogP contribution >= 0.6 is 11.8 Å². The summed E-state index contributed by atoms with van der Waals surface area (Å²) in [6, 6.07) is 6.15. The predicted octanol–water partition coefficient (Wildman–Crippen LogP) is 2.17. The third kappa shape index (κ3) is 4.53. The maximum absolute atomic E-state index is 13.6. The zero-order chi connectivity index (χ0) is 14.3. The summed E-state index contributed by atoms with van der Waals surface area (Å²) in [7, 11) is 1.20. The van der Waals surface area contributed by atoms with Gasteiger partial charge in [0.05, 0.1) is 7.11 Å². The largest absolute Gasteiger partial charge is 0.452 e. The van der Waals surface area contributed by atoms with Gasteiger partial charge >= 0.3 is 6.09 Å². The van der Waals surface area contributed by atoms with E-state index in [4.69, 9.17) is 5.84 Å². The molecular weight excluding hydrogens is 271 g/mol. The van der Waals surface area contributed by atoms with Crippen LogP contribution in [0.25, 0.3) is 0 Å². The number of halogens is 1. The van der Waals surface area contributed by atoms with Gasteiger partial charge in [-0.05, 0) is 18.6 Å². The first-order valence-electron chi connectivity index (χ1n) is 5.56. The molecule has 1 atom stereocenters. The van der Waals surface area contributed by atoms with Crippen molar-refractivity contribution < 1.29 is 18.7 Å². The number of nitrogens with zero attached hydrogens (tertiary/aromatic N) is 1. The van der Waals surface area contributed by atoms with Crippen LogP contribution < -0.4 is 5.84 Å². The van der Waals surface area contributed by atoms with Gasteiger partial charge in [0.1, 0.15) is 17.5 Å². The lowest BCUT2D eigenvalue weighted by Crippen LogP contribution is -2.44. The molecule has 0 bridgehead atoms. The highest BCUT2D eigenvalue weighted by Gasteiger charge is 2.23. The van der Waals surface area contributed by atoms with E-state index in [1.807, 2.05) is 0 Å². The molecular formula is C12H15FN2O3S. The number of rotatable bonds is 6. The highest BCUT2D eigenvalue weighted by Crippen LogP contribution is 2.29. The van der Waals surface area contributed by atoms with E-state index >= 15 is 0 Å². The Morgan fingerprint density at radius 3 is 2.84 bits per heavy atom. The van der Waals surface area contributed by atoms with Crippen molar-refractivity contribution in [2.45, 2.75) is 23.1 Å². The van der Waals surface area contributed by atoms with E-state index in [0.29, 0.717) is 11.3 Å². The zero-order valence-electron chi connectivity index (χ0n) is 10.4. The molecule has 0 aliphatic carbocycles. The van der Waals surface area contributed by atoms with Gasteiger partial charge in [-0.2, -0.15) is 0 Å². The Balaban J connectivity index is 2.82. The van der Waals surface area contributed by atoms with Crippen molar-refractivity contribution in [1.29, 1.82) is 0 Å². The van der Waals surface area contributed by atoms with Crippen LogP contribution in [0.2, 0.25) is 0 Å². The van der Waals surface area contributed by atoms with Crippen LogP contribution in [-0.4, -0.2) is 29.9 Å². The average Bonchev–Trinajstić information content (AvgIpc) is 2.43. The molecule has 0 spiro atoms. The molecule has 0 heterocycles. The van der Waals surface area contributed by atoms with Crippen molar-refractivity contribution in [1.82, 2.24) is 5.01 Å². The van der Waals surface area contributed by atoms with E-state index < -0.39 is 17.3 Å². The fourth-order valence-corrected chi connectivity index (χ4v) is 2.46. The van der Waals surface area contributed by atoms with E-state index in [0.717, 1.165) is 23.1 Å². The van der Waals surface area contributed by atoms with Gasteiger partial charge in [-0.25, -0.2) is 20.0 Å². The van der Waals surface area contributed by atoms with Gasteiger partial charge in [-0.3, -0.25) is 0 Å². The molecule has 1 aromatic carbocycles. The highest BCUT2D eigenvalue weighted by atomic mass is 32.2. The third-order valence-electron chi connectivity index (χ3n) is 2.33. The lowest BCUT2D eigenvalue weighted by Gasteiger charge is -2.25. The summed E-state index contributed by atoms with van der Waals surface area (Å²) in [6.45, 7) is 0. The van der Waals surface area contributed by atoms with E-state index in [9.17, 15) is 14.0 Å². The number of carbonyl (C=O) groups excluding carboxylic acids is 2. The molecule has 0 aromatic heterocycles. The Morgan fingerprint density at radius 2 is 2.26 bits per heavy atom. The van der Waals surface area contributed by atoms with Crippen LogP contribution in [0.1, 0.15) is 12.8 Å². The summed E-state index contributed by atoms with van der Waals surface area (Å²) in [5, 5.41) is 0.287. The lowest BCUT2D eigenvalue weighted by molar-refractivity contribution is -0.108. The second kappa shape index (κ2) is 7.75. The number of hydrogen-bond acceptors (Lipinski definition) is 5. The summed E-state index contributed by atoms with van der Waals surface area (Å²) < 4.78 is 18.1. The van der Waals surface area contributed by atoms with Gasteiger partial charge in [0.25, 0.3) is 0 Å². The van der Waals surface area contributed by atoms with E-state index in [-0.39, 0.29) is 6.42 Å². The van der Waals surface area contributed by atoms with Crippen molar-refractivity contribution in [3.8, 4) is 0 Å². The normalized spacial score (nSPS) is 11.7. The summed E-state index contributed by atoms with van der Waals surface area (Å²) in [5.41, 5.74) is 0. The van der Waals surface area contributed by atoms with Crippen LogP contribution in [-0.2, 0) is 9.53 Å². The molecule has 1 rings (SSSR count). The first-order valence-corrected chi connectivity index (χ1v) is 6.44. The molecule has 0 saturated heterocycles. The molecule has 1 amide bonds. The molecule has 0 saturated carbocycles. The Bertz CT molecular complexity index is 445. The van der Waals surface area contributed by atoms with Crippen molar-refractivity contribution in [2.24, 2.45) is 5.84 Å². The highest BCUT2D eigenvalue weighted by molar-refractivity contribution is 7.99. The molecule has 5 nitrogen and oxygen atoms in total. The number of aldehydes is 1. The minimum Gasteiger partial charge on any atom is -0.452 e. The second-order valence-corrected chi connectivity index (χ2v) is 4.84. The molecule has 1 aromatic rings. The van der Waals surface area contributed by atoms with Gasteiger partial charge in [0.2, 0.25) is 0 Å². The second-order valence-electron chi connectivity index (χ2n) is 3.62. The number of nitrogens with two attached hydrogens (primary N) is 1. The van der Waals surface area contributed by atoms with E-state index in [1.54, 1.807) is 18.2 Å². The molecule has 2 N–H and O–H groups in total. The molecule has 0 radical (unpaired) electrons.